The Kier molecular flexibility index (Phi) is 6.22. The highest BCUT2D eigenvalue weighted by Gasteiger charge is 2.26. The van der Waals surface area contributed by atoms with Gasteiger partial charge >= 0.3 is 0 Å². The molecule has 1 aromatic carbocycles. The zero-order chi connectivity index (χ0) is 17.8. The summed E-state index contributed by atoms with van der Waals surface area (Å²) in [5, 5.41) is 2.88. The normalized spacial score (nSPS) is 12.3. The van der Waals surface area contributed by atoms with E-state index < -0.39 is 10.0 Å². The number of nitrogens with one attached hydrogen (secondary N) is 1. The van der Waals surface area contributed by atoms with Crippen molar-refractivity contribution in [3.05, 3.63) is 29.8 Å². The molecule has 130 valence electrons. The lowest BCUT2D eigenvalue weighted by Crippen LogP contribution is -2.48. The van der Waals surface area contributed by atoms with E-state index in [-0.39, 0.29) is 23.9 Å². The van der Waals surface area contributed by atoms with E-state index in [4.69, 9.17) is 0 Å². The number of para-hydroxylation sites is 1. The van der Waals surface area contributed by atoms with Crippen molar-refractivity contribution in [3.8, 4) is 0 Å². The Morgan fingerprint density at radius 2 is 1.83 bits per heavy atom. The fourth-order valence-electron chi connectivity index (χ4n) is 2.22. The van der Waals surface area contributed by atoms with Crippen LogP contribution < -0.4 is 9.62 Å². The number of hydrogen-bond donors (Lipinski definition) is 1. The Balaban J connectivity index is 3.17. The van der Waals surface area contributed by atoms with Crippen LogP contribution in [0.25, 0.3) is 0 Å². The van der Waals surface area contributed by atoms with Crippen LogP contribution in [0, 0.1) is 0 Å². The summed E-state index contributed by atoms with van der Waals surface area (Å²) in [6, 6.07) is 7.30. The van der Waals surface area contributed by atoms with Gasteiger partial charge in [0.05, 0.1) is 11.9 Å². The lowest BCUT2D eigenvalue weighted by molar-refractivity contribution is -0.121. The summed E-state index contributed by atoms with van der Waals surface area (Å²) in [7, 11) is -3.56. The van der Waals surface area contributed by atoms with Crippen molar-refractivity contribution in [1.29, 1.82) is 0 Å². The van der Waals surface area contributed by atoms with Gasteiger partial charge in [0.25, 0.3) is 0 Å². The average molecular weight is 340 g/mol. The van der Waals surface area contributed by atoms with Crippen molar-refractivity contribution in [1.82, 2.24) is 5.32 Å². The molecule has 0 unspecified atom stereocenters. The highest BCUT2D eigenvalue weighted by Crippen LogP contribution is 2.28. The molecule has 0 atom stereocenters. The van der Waals surface area contributed by atoms with Gasteiger partial charge in [-0.3, -0.25) is 9.10 Å². The monoisotopic (exact) mass is 340 g/mol. The van der Waals surface area contributed by atoms with Crippen LogP contribution in [0.2, 0.25) is 0 Å². The van der Waals surface area contributed by atoms with Gasteiger partial charge in [-0.05, 0) is 37.8 Å². The summed E-state index contributed by atoms with van der Waals surface area (Å²) in [5.74, 6) is -0.147. The average Bonchev–Trinajstić information content (AvgIpc) is 2.43. The third kappa shape index (κ3) is 5.53. The van der Waals surface area contributed by atoms with Gasteiger partial charge in [-0.1, -0.05) is 39.0 Å². The largest absolute Gasteiger partial charge is 0.350 e. The Bertz CT molecular complexity index is 652. The number of carbonyl (C=O) groups is 1. The van der Waals surface area contributed by atoms with Crippen molar-refractivity contribution < 1.29 is 13.2 Å². The smallest absolute Gasteiger partial charge is 0.241 e. The van der Waals surface area contributed by atoms with Gasteiger partial charge in [0, 0.05) is 5.54 Å². The van der Waals surface area contributed by atoms with E-state index in [0.29, 0.717) is 5.69 Å². The zero-order valence-electron chi connectivity index (χ0n) is 14.9. The van der Waals surface area contributed by atoms with E-state index >= 15 is 0 Å². The maximum absolute atomic E-state index is 12.3. The van der Waals surface area contributed by atoms with Crippen LogP contribution in [0.5, 0.6) is 0 Å². The number of hydrogen-bond acceptors (Lipinski definition) is 3. The molecule has 0 aliphatic rings. The van der Waals surface area contributed by atoms with E-state index in [2.05, 4.69) is 5.32 Å². The molecule has 1 amide bonds. The number of benzene rings is 1. The second-order valence-electron chi connectivity index (χ2n) is 6.77. The first kappa shape index (κ1) is 19.5. The van der Waals surface area contributed by atoms with Crippen molar-refractivity contribution in [2.75, 3.05) is 17.1 Å². The highest BCUT2D eigenvalue weighted by molar-refractivity contribution is 7.92. The van der Waals surface area contributed by atoms with Gasteiger partial charge < -0.3 is 5.32 Å². The number of carbonyl (C=O) groups excluding carboxylic acids is 1. The van der Waals surface area contributed by atoms with Crippen molar-refractivity contribution in [2.45, 2.75) is 52.5 Å². The first-order chi connectivity index (χ1) is 10.5. The summed E-state index contributed by atoms with van der Waals surface area (Å²) >= 11 is 0. The summed E-state index contributed by atoms with van der Waals surface area (Å²) in [6.07, 6.45) is 1.89. The Morgan fingerprint density at radius 3 is 2.30 bits per heavy atom. The van der Waals surface area contributed by atoms with Crippen LogP contribution in [0.3, 0.4) is 0 Å². The highest BCUT2D eigenvalue weighted by atomic mass is 32.2. The van der Waals surface area contributed by atoms with Crippen molar-refractivity contribution in [2.24, 2.45) is 0 Å². The number of sulfonamides is 1. The fraction of sp³-hybridized carbons (Fsp3) is 0.588. The van der Waals surface area contributed by atoms with Gasteiger partial charge in [0.2, 0.25) is 15.9 Å². The van der Waals surface area contributed by atoms with Gasteiger partial charge in [0.1, 0.15) is 6.54 Å². The minimum atomic E-state index is -3.56. The molecular weight excluding hydrogens is 312 g/mol. The Hall–Kier alpha value is -1.56. The summed E-state index contributed by atoms with van der Waals surface area (Å²) in [4.78, 5) is 12.3. The van der Waals surface area contributed by atoms with Gasteiger partial charge in [-0.25, -0.2) is 8.42 Å². The molecule has 0 aliphatic heterocycles. The quantitative estimate of drug-likeness (QED) is 0.830. The fourth-order valence-corrected chi connectivity index (χ4v) is 3.10. The van der Waals surface area contributed by atoms with E-state index in [1.165, 1.54) is 4.31 Å². The number of rotatable bonds is 7. The molecule has 0 radical (unpaired) electrons. The number of anilines is 1. The van der Waals surface area contributed by atoms with Crippen LogP contribution in [-0.4, -0.2) is 32.7 Å². The zero-order valence-corrected chi connectivity index (χ0v) is 15.7. The third-order valence-corrected chi connectivity index (χ3v) is 5.00. The Labute approximate surface area is 140 Å². The van der Waals surface area contributed by atoms with E-state index in [1.54, 1.807) is 12.1 Å². The molecule has 0 heterocycles. The summed E-state index contributed by atoms with van der Waals surface area (Å²) in [5.41, 5.74) is 1.10. The molecule has 0 bridgehead atoms. The molecule has 1 rings (SSSR count). The van der Waals surface area contributed by atoms with Gasteiger partial charge in [-0.15, -0.1) is 0 Å². The van der Waals surface area contributed by atoms with E-state index in [1.807, 2.05) is 46.8 Å². The SMILES string of the molecule is CCC(C)(C)NC(=O)CN(c1ccccc1C(C)C)S(C)(=O)=O. The summed E-state index contributed by atoms with van der Waals surface area (Å²) in [6.45, 7) is 9.59. The second-order valence-corrected chi connectivity index (χ2v) is 8.68. The molecule has 0 spiro atoms. The van der Waals surface area contributed by atoms with Crippen LogP contribution in [0.1, 0.15) is 52.5 Å². The molecule has 0 fully saturated rings. The first-order valence-corrected chi connectivity index (χ1v) is 9.70. The molecule has 6 heteroatoms. The van der Waals surface area contributed by atoms with Crippen LogP contribution >= 0.6 is 0 Å². The van der Waals surface area contributed by atoms with Crippen molar-refractivity contribution >= 4 is 21.6 Å². The maximum Gasteiger partial charge on any atom is 0.241 e. The van der Waals surface area contributed by atoms with Gasteiger partial charge in [-0.2, -0.15) is 0 Å². The van der Waals surface area contributed by atoms with E-state index in [0.717, 1.165) is 18.2 Å². The lowest BCUT2D eigenvalue weighted by atomic mass is 10.0. The molecule has 23 heavy (non-hydrogen) atoms. The maximum atomic E-state index is 12.3. The lowest BCUT2D eigenvalue weighted by Gasteiger charge is -2.29. The van der Waals surface area contributed by atoms with E-state index in [9.17, 15) is 13.2 Å². The van der Waals surface area contributed by atoms with Crippen LogP contribution in [0.4, 0.5) is 5.69 Å². The van der Waals surface area contributed by atoms with Crippen LogP contribution in [-0.2, 0) is 14.8 Å². The minimum Gasteiger partial charge on any atom is -0.350 e. The summed E-state index contributed by atoms with van der Waals surface area (Å²) < 4.78 is 25.6. The number of nitrogens with zero attached hydrogens (tertiary/aromatic N) is 1. The van der Waals surface area contributed by atoms with Crippen molar-refractivity contribution in [3.63, 3.8) is 0 Å². The van der Waals surface area contributed by atoms with Gasteiger partial charge in [0.15, 0.2) is 0 Å². The topological polar surface area (TPSA) is 66.5 Å². The second kappa shape index (κ2) is 7.34. The molecule has 5 nitrogen and oxygen atoms in total. The molecule has 0 saturated heterocycles. The molecule has 0 aromatic heterocycles. The van der Waals surface area contributed by atoms with Crippen LogP contribution in [0.15, 0.2) is 24.3 Å². The molecule has 1 N–H and O–H groups in total. The number of amides is 1. The standard InChI is InChI=1S/C17H28N2O3S/c1-7-17(4,5)18-16(20)12-19(23(6,21)22)15-11-9-8-10-14(15)13(2)3/h8-11,13H,7,12H2,1-6H3,(H,18,20). The Morgan fingerprint density at radius 1 is 1.26 bits per heavy atom. The molecule has 1 aromatic rings. The predicted octanol–water partition coefficient (Wildman–Crippen LogP) is 2.88. The third-order valence-electron chi connectivity index (χ3n) is 3.88. The minimum absolute atomic E-state index is 0.158. The first-order valence-electron chi connectivity index (χ1n) is 7.85. The predicted molar refractivity (Wildman–Crippen MR) is 95.2 cm³/mol. The molecule has 0 saturated carbocycles. The molecular formula is C17H28N2O3S. The molecule has 0 aliphatic carbocycles.